The first-order chi connectivity index (χ1) is 7.25. The van der Waals surface area contributed by atoms with Gasteiger partial charge in [-0.3, -0.25) is 4.79 Å². The van der Waals surface area contributed by atoms with Crippen molar-refractivity contribution < 1.29 is 9.59 Å². The quantitative estimate of drug-likeness (QED) is 0.709. The van der Waals surface area contributed by atoms with E-state index >= 15 is 0 Å². The summed E-state index contributed by atoms with van der Waals surface area (Å²) >= 11 is 0. The molecule has 2 fully saturated rings. The molecule has 0 atom stereocenters. The number of Topliss-reactive ketones (excluding diaryl/α,β-unsaturated/α-hetero) is 1. The van der Waals surface area contributed by atoms with Crippen molar-refractivity contribution in [1.82, 2.24) is 10.2 Å². The van der Waals surface area contributed by atoms with Crippen molar-refractivity contribution in [2.75, 3.05) is 13.1 Å². The highest BCUT2D eigenvalue weighted by Gasteiger charge is 2.23. The Hall–Kier alpha value is -1.06. The monoisotopic (exact) mass is 210 g/mol. The molecule has 0 spiro atoms. The van der Waals surface area contributed by atoms with Crippen LogP contribution in [-0.4, -0.2) is 35.8 Å². The molecular weight excluding hydrogens is 192 g/mol. The highest BCUT2D eigenvalue weighted by atomic mass is 16.2. The molecule has 1 heterocycles. The van der Waals surface area contributed by atoms with E-state index in [1.165, 1.54) is 0 Å². The predicted molar refractivity (Wildman–Crippen MR) is 56.6 cm³/mol. The van der Waals surface area contributed by atoms with Crippen LogP contribution in [0.1, 0.15) is 38.5 Å². The summed E-state index contributed by atoms with van der Waals surface area (Å²) < 4.78 is 0. The molecule has 84 valence electrons. The maximum absolute atomic E-state index is 11.7. The molecule has 0 aromatic carbocycles. The lowest BCUT2D eigenvalue weighted by molar-refractivity contribution is -0.120. The van der Waals surface area contributed by atoms with Crippen molar-refractivity contribution in [1.29, 1.82) is 0 Å². The zero-order valence-corrected chi connectivity index (χ0v) is 9.00. The first kappa shape index (κ1) is 10.5. The summed E-state index contributed by atoms with van der Waals surface area (Å²) in [5, 5.41) is 3.02. The molecule has 1 aliphatic carbocycles. The summed E-state index contributed by atoms with van der Waals surface area (Å²) in [6, 6.07) is 0.280. The van der Waals surface area contributed by atoms with Crippen LogP contribution in [0.4, 0.5) is 4.79 Å². The Balaban J connectivity index is 1.76. The van der Waals surface area contributed by atoms with Crippen LogP contribution in [0.5, 0.6) is 0 Å². The SMILES string of the molecule is O=C1CCC(NC(=O)N2CCCC2)CC1. The fourth-order valence-electron chi connectivity index (χ4n) is 2.27. The van der Waals surface area contributed by atoms with Gasteiger partial charge in [0.25, 0.3) is 0 Å². The fraction of sp³-hybridized carbons (Fsp3) is 0.818. The standard InChI is InChI=1S/C11H18N2O2/c14-10-5-3-9(4-6-10)12-11(15)13-7-1-2-8-13/h9H,1-8H2,(H,12,15). The third kappa shape index (κ3) is 2.70. The Morgan fingerprint density at radius 3 is 2.40 bits per heavy atom. The van der Waals surface area contributed by atoms with Gasteiger partial charge in [0.2, 0.25) is 0 Å². The number of carbonyl (C=O) groups is 2. The van der Waals surface area contributed by atoms with E-state index in [1.54, 1.807) is 0 Å². The highest BCUT2D eigenvalue weighted by molar-refractivity contribution is 5.80. The number of rotatable bonds is 1. The van der Waals surface area contributed by atoms with Crippen LogP contribution < -0.4 is 5.32 Å². The molecule has 15 heavy (non-hydrogen) atoms. The summed E-state index contributed by atoms with van der Waals surface area (Å²) in [5.74, 6) is 0.335. The second kappa shape index (κ2) is 4.64. The number of urea groups is 1. The predicted octanol–water partition coefficient (Wildman–Crippen LogP) is 1.30. The average molecular weight is 210 g/mol. The van der Waals surface area contributed by atoms with Gasteiger partial charge in [-0.1, -0.05) is 0 Å². The van der Waals surface area contributed by atoms with E-state index in [-0.39, 0.29) is 12.1 Å². The Kier molecular flexibility index (Phi) is 3.23. The van der Waals surface area contributed by atoms with Gasteiger partial charge < -0.3 is 10.2 Å². The normalized spacial score (nSPS) is 23.2. The van der Waals surface area contributed by atoms with Gasteiger partial charge in [0, 0.05) is 32.0 Å². The number of amides is 2. The van der Waals surface area contributed by atoms with Crippen LogP contribution in [-0.2, 0) is 4.79 Å². The Morgan fingerprint density at radius 2 is 1.80 bits per heavy atom. The molecule has 0 unspecified atom stereocenters. The van der Waals surface area contributed by atoms with E-state index in [0.717, 1.165) is 38.8 Å². The number of nitrogens with zero attached hydrogens (tertiary/aromatic N) is 1. The summed E-state index contributed by atoms with van der Waals surface area (Å²) in [4.78, 5) is 24.6. The van der Waals surface area contributed by atoms with Crippen LogP contribution in [0.25, 0.3) is 0 Å². The molecule has 1 saturated heterocycles. The second-order valence-electron chi connectivity index (χ2n) is 4.46. The van der Waals surface area contributed by atoms with Gasteiger partial charge in [0.15, 0.2) is 0 Å². The fourth-order valence-corrected chi connectivity index (χ4v) is 2.27. The minimum Gasteiger partial charge on any atom is -0.335 e. The largest absolute Gasteiger partial charge is 0.335 e. The van der Waals surface area contributed by atoms with E-state index in [2.05, 4.69) is 5.32 Å². The van der Waals surface area contributed by atoms with Crippen molar-refractivity contribution in [2.45, 2.75) is 44.6 Å². The molecule has 0 bridgehead atoms. The molecule has 2 rings (SSSR count). The van der Waals surface area contributed by atoms with Gasteiger partial charge >= 0.3 is 6.03 Å². The van der Waals surface area contributed by atoms with Gasteiger partial charge in [-0.2, -0.15) is 0 Å². The van der Waals surface area contributed by atoms with E-state index in [1.807, 2.05) is 4.90 Å². The number of hydrogen-bond donors (Lipinski definition) is 1. The van der Waals surface area contributed by atoms with Crippen molar-refractivity contribution in [3.63, 3.8) is 0 Å². The lowest BCUT2D eigenvalue weighted by atomic mass is 9.94. The molecule has 1 aliphatic heterocycles. The third-order valence-electron chi connectivity index (χ3n) is 3.26. The first-order valence-corrected chi connectivity index (χ1v) is 5.83. The zero-order valence-electron chi connectivity index (χ0n) is 9.00. The summed E-state index contributed by atoms with van der Waals surface area (Å²) in [7, 11) is 0. The van der Waals surface area contributed by atoms with Gasteiger partial charge in [-0.05, 0) is 25.7 Å². The number of hydrogen-bond acceptors (Lipinski definition) is 2. The van der Waals surface area contributed by atoms with E-state index in [4.69, 9.17) is 0 Å². The number of ketones is 1. The van der Waals surface area contributed by atoms with Crippen molar-refractivity contribution in [3.8, 4) is 0 Å². The first-order valence-electron chi connectivity index (χ1n) is 5.83. The second-order valence-corrected chi connectivity index (χ2v) is 4.46. The molecule has 2 amide bonds. The molecule has 4 heteroatoms. The molecule has 2 aliphatic rings. The zero-order chi connectivity index (χ0) is 10.7. The molecule has 1 saturated carbocycles. The summed E-state index contributed by atoms with van der Waals surface area (Å²) in [5.41, 5.74) is 0. The van der Waals surface area contributed by atoms with Gasteiger partial charge in [-0.15, -0.1) is 0 Å². The van der Waals surface area contributed by atoms with E-state index in [9.17, 15) is 9.59 Å². The third-order valence-corrected chi connectivity index (χ3v) is 3.26. The van der Waals surface area contributed by atoms with E-state index < -0.39 is 0 Å². The minimum absolute atomic E-state index is 0.0619. The van der Waals surface area contributed by atoms with Crippen LogP contribution in [0.3, 0.4) is 0 Å². The van der Waals surface area contributed by atoms with Gasteiger partial charge in [0.05, 0.1) is 0 Å². The van der Waals surface area contributed by atoms with Gasteiger partial charge in [0.1, 0.15) is 5.78 Å². The number of nitrogens with one attached hydrogen (secondary N) is 1. The molecule has 0 aromatic heterocycles. The Bertz CT molecular complexity index is 249. The Labute approximate surface area is 90.0 Å². The van der Waals surface area contributed by atoms with Crippen LogP contribution in [0.15, 0.2) is 0 Å². The van der Waals surface area contributed by atoms with Crippen LogP contribution >= 0.6 is 0 Å². The van der Waals surface area contributed by atoms with Gasteiger partial charge in [-0.25, -0.2) is 4.79 Å². The van der Waals surface area contributed by atoms with Crippen LogP contribution in [0.2, 0.25) is 0 Å². The van der Waals surface area contributed by atoms with Crippen molar-refractivity contribution in [2.24, 2.45) is 0 Å². The smallest absolute Gasteiger partial charge is 0.317 e. The minimum atomic E-state index is 0.0619. The lowest BCUT2D eigenvalue weighted by Crippen LogP contribution is -2.44. The number of likely N-dealkylation sites (tertiary alicyclic amines) is 1. The Morgan fingerprint density at radius 1 is 1.20 bits per heavy atom. The van der Waals surface area contributed by atoms with E-state index in [0.29, 0.717) is 18.6 Å². The highest BCUT2D eigenvalue weighted by Crippen LogP contribution is 2.15. The molecule has 4 nitrogen and oxygen atoms in total. The topological polar surface area (TPSA) is 49.4 Å². The molecular formula is C11H18N2O2. The lowest BCUT2D eigenvalue weighted by Gasteiger charge is -2.25. The number of carbonyl (C=O) groups excluding carboxylic acids is 2. The average Bonchev–Trinajstić information content (AvgIpc) is 2.74. The summed E-state index contributed by atoms with van der Waals surface area (Å²) in [6.07, 6.45) is 5.14. The summed E-state index contributed by atoms with van der Waals surface area (Å²) in [6.45, 7) is 1.77. The molecule has 0 aromatic rings. The molecule has 0 radical (unpaired) electrons. The maximum Gasteiger partial charge on any atom is 0.317 e. The molecule has 1 N–H and O–H groups in total. The van der Waals surface area contributed by atoms with Crippen LogP contribution in [0, 0.1) is 0 Å². The maximum atomic E-state index is 11.7. The van der Waals surface area contributed by atoms with Crippen molar-refractivity contribution in [3.05, 3.63) is 0 Å². The van der Waals surface area contributed by atoms with Crippen molar-refractivity contribution >= 4 is 11.8 Å².